The SMILES string of the molecule is C=C(C)Nc1ccn(C(=O)N2CCC3(CCCN3Cc3ccc(C)cc3N3CCOCC3)CC2)n1. The summed E-state index contributed by atoms with van der Waals surface area (Å²) in [6.07, 6.45) is 6.18. The van der Waals surface area contributed by atoms with Gasteiger partial charge in [0.05, 0.1) is 13.2 Å². The summed E-state index contributed by atoms with van der Waals surface area (Å²) < 4.78 is 7.04. The first-order valence-electron chi connectivity index (χ1n) is 12.9. The van der Waals surface area contributed by atoms with Crippen LogP contribution in [0.2, 0.25) is 0 Å². The molecule has 0 unspecified atom stereocenters. The minimum atomic E-state index is -0.0488. The summed E-state index contributed by atoms with van der Waals surface area (Å²) in [5.41, 5.74) is 5.06. The van der Waals surface area contributed by atoms with Gasteiger partial charge in [-0.2, -0.15) is 4.68 Å². The number of allylic oxidation sites excluding steroid dienone is 1. The minimum absolute atomic E-state index is 0.0488. The number of carbonyl (C=O) groups excluding carboxylic acids is 1. The van der Waals surface area contributed by atoms with Gasteiger partial charge in [0.15, 0.2) is 5.82 Å². The molecule has 3 fully saturated rings. The predicted molar refractivity (Wildman–Crippen MR) is 139 cm³/mol. The number of aromatic nitrogens is 2. The minimum Gasteiger partial charge on any atom is -0.378 e. The Bertz CT molecular complexity index is 1070. The van der Waals surface area contributed by atoms with Gasteiger partial charge in [-0.05, 0) is 63.3 Å². The van der Waals surface area contributed by atoms with Gasteiger partial charge < -0.3 is 19.9 Å². The Balaban J connectivity index is 1.26. The summed E-state index contributed by atoms with van der Waals surface area (Å²) in [4.78, 5) is 20.2. The van der Waals surface area contributed by atoms with Crippen LogP contribution in [0.1, 0.15) is 43.7 Å². The van der Waals surface area contributed by atoms with Gasteiger partial charge in [0.1, 0.15) is 0 Å². The lowest BCUT2D eigenvalue weighted by Crippen LogP contribution is -2.53. The molecule has 8 heteroatoms. The van der Waals surface area contributed by atoms with Gasteiger partial charge in [0.25, 0.3) is 0 Å². The van der Waals surface area contributed by atoms with Gasteiger partial charge in [-0.25, -0.2) is 4.79 Å². The molecule has 0 aliphatic carbocycles. The van der Waals surface area contributed by atoms with E-state index in [0.717, 1.165) is 71.0 Å². The zero-order valence-electron chi connectivity index (χ0n) is 21.1. The molecule has 3 aliphatic heterocycles. The monoisotopic (exact) mass is 478 g/mol. The van der Waals surface area contributed by atoms with Crippen LogP contribution in [0.3, 0.4) is 0 Å². The molecule has 35 heavy (non-hydrogen) atoms. The largest absolute Gasteiger partial charge is 0.378 e. The molecule has 188 valence electrons. The van der Waals surface area contributed by atoms with Crippen LogP contribution < -0.4 is 10.2 Å². The second-order valence-electron chi connectivity index (χ2n) is 10.3. The highest BCUT2D eigenvalue weighted by Crippen LogP contribution is 2.40. The first kappa shape index (κ1) is 23.9. The third-order valence-electron chi connectivity index (χ3n) is 7.79. The van der Waals surface area contributed by atoms with Crippen LogP contribution in [0.25, 0.3) is 0 Å². The van der Waals surface area contributed by atoms with Gasteiger partial charge >= 0.3 is 6.03 Å². The zero-order chi connectivity index (χ0) is 24.4. The van der Waals surface area contributed by atoms with E-state index in [2.05, 4.69) is 51.9 Å². The van der Waals surface area contributed by atoms with E-state index in [4.69, 9.17) is 4.74 Å². The third kappa shape index (κ3) is 5.09. The van der Waals surface area contributed by atoms with E-state index in [0.29, 0.717) is 5.82 Å². The molecule has 8 nitrogen and oxygen atoms in total. The van der Waals surface area contributed by atoms with Gasteiger partial charge in [0.2, 0.25) is 0 Å². The van der Waals surface area contributed by atoms with Crippen molar-refractivity contribution in [3.05, 3.63) is 53.9 Å². The highest BCUT2D eigenvalue weighted by atomic mass is 16.5. The van der Waals surface area contributed by atoms with Gasteiger partial charge in [0, 0.05) is 61.9 Å². The Labute approximate surface area is 208 Å². The number of likely N-dealkylation sites (tertiary alicyclic amines) is 2. The van der Waals surface area contributed by atoms with Crippen LogP contribution in [-0.4, -0.2) is 77.1 Å². The van der Waals surface area contributed by atoms with Crippen LogP contribution >= 0.6 is 0 Å². The molecular formula is C27H38N6O2. The second-order valence-corrected chi connectivity index (χ2v) is 10.3. The summed E-state index contributed by atoms with van der Waals surface area (Å²) in [6.45, 7) is 15.0. The van der Waals surface area contributed by atoms with Crippen molar-refractivity contribution in [2.24, 2.45) is 0 Å². The van der Waals surface area contributed by atoms with Crippen LogP contribution in [0, 0.1) is 6.92 Å². The Morgan fingerprint density at radius 1 is 1.11 bits per heavy atom. The van der Waals surface area contributed by atoms with Crippen molar-refractivity contribution in [3.63, 3.8) is 0 Å². The molecule has 0 radical (unpaired) electrons. The first-order valence-corrected chi connectivity index (χ1v) is 12.9. The maximum Gasteiger partial charge on any atom is 0.344 e. The number of nitrogens with zero attached hydrogens (tertiary/aromatic N) is 5. The highest BCUT2D eigenvalue weighted by Gasteiger charge is 2.44. The summed E-state index contributed by atoms with van der Waals surface area (Å²) >= 11 is 0. The number of hydrogen-bond acceptors (Lipinski definition) is 6. The number of benzene rings is 1. The Morgan fingerprint density at radius 3 is 2.63 bits per heavy atom. The van der Waals surface area contributed by atoms with Gasteiger partial charge in [-0.1, -0.05) is 18.7 Å². The molecule has 4 heterocycles. The lowest BCUT2D eigenvalue weighted by molar-refractivity contribution is 0.0584. The van der Waals surface area contributed by atoms with Crippen LogP contribution in [-0.2, 0) is 11.3 Å². The van der Waals surface area contributed by atoms with E-state index in [1.54, 1.807) is 6.20 Å². The lowest BCUT2D eigenvalue weighted by atomic mass is 9.84. The smallest absolute Gasteiger partial charge is 0.344 e. The van der Waals surface area contributed by atoms with Crippen LogP contribution in [0.4, 0.5) is 16.3 Å². The van der Waals surface area contributed by atoms with Crippen molar-refractivity contribution < 1.29 is 9.53 Å². The van der Waals surface area contributed by atoms with Crippen molar-refractivity contribution in [2.75, 3.05) is 56.2 Å². The summed E-state index contributed by atoms with van der Waals surface area (Å²) in [7, 11) is 0. The molecule has 0 saturated carbocycles. The van der Waals surface area contributed by atoms with Crippen molar-refractivity contribution in [1.29, 1.82) is 0 Å². The van der Waals surface area contributed by atoms with Gasteiger partial charge in [-0.3, -0.25) is 4.90 Å². The van der Waals surface area contributed by atoms with E-state index in [1.807, 2.05) is 17.9 Å². The molecule has 0 bridgehead atoms. The van der Waals surface area contributed by atoms with Gasteiger partial charge in [-0.15, -0.1) is 5.10 Å². The maximum atomic E-state index is 13.1. The molecule has 3 saturated heterocycles. The number of rotatable bonds is 5. The van der Waals surface area contributed by atoms with E-state index >= 15 is 0 Å². The number of aryl methyl sites for hydroxylation is 1. The number of amides is 1. The fourth-order valence-electron chi connectivity index (χ4n) is 5.89. The Kier molecular flexibility index (Phi) is 6.84. The standard InChI is InChI=1S/C27H38N6O2/c1-21(2)28-25-7-12-33(29-25)26(34)31-13-9-27(10-14-31)8-4-11-32(27)20-23-6-5-22(3)19-24(23)30-15-17-35-18-16-30/h5-7,12,19H,1,4,8-11,13-18,20H2,2-3H3,(H,28,29). The molecule has 1 aromatic carbocycles. The number of anilines is 2. The number of hydrogen-bond donors (Lipinski definition) is 1. The number of piperidine rings is 1. The van der Waals surface area contributed by atoms with Crippen molar-refractivity contribution in [3.8, 4) is 0 Å². The topological polar surface area (TPSA) is 65.9 Å². The molecule has 1 aromatic heterocycles. The fraction of sp³-hybridized carbons (Fsp3) is 0.556. The summed E-state index contributed by atoms with van der Waals surface area (Å²) in [5.74, 6) is 0.649. The normalized spacial score (nSPS) is 20.4. The zero-order valence-corrected chi connectivity index (χ0v) is 21.1. The molecule has 1 spiro atoms. The molecule has 5 rings (SSSR count). The van der Waals surface area contributed by atoms with Crippen LogP contribution in [0.15, 0.2) is 42.7 Å². The quantitative estimate of drug-likeness (QED) is 0.699. The molecule has 3 aliphatic rings. The Hall–Kier alpha value is -2.84. The average Bonchev–Trinajstić information content (AvgIpc) is 3.47. The number of carbonyl (C=O) groups is 1. The number of morpholine rings is 1. The molecule has 0 atom stereocenters. The van der Waals surface area contributed by atoms with E-state index < -0.39 is 0 Å². The molecule has 1 N–H and O–H groups in total. The first-order chi connectivity index (χ1) is 16.9. The van der Waals surface area contributed by atoms with Crippen molar-refractivity contribution in [2.45, 2.75) is 51.6 Å². The average molecular weight is 479 g/mol. The Morgan fingerprint density at radius 2 is 1.89 bits per heavy atom. The van der Waals surface area contributed by atoms with Crippen molar-refractivity contribution >= 4 is 17.5 Å². The third-order valence-corrected chi connectivity index (χ3v) is 7.79. The predicted octanol–water partition coefficient (Wildman–Crippen LogP) is 4.07. The lowest BCUT2D eigenvalue weighted by Gasteiger charge is -2.45. The van der Waals surface area contributed by atoms with Crippen LogP contribution in [0.5, 0.6) is 0 Å². The fourth-order valence-corrected chi connectivity index (χ4v) is 5.89. The molecule has 2 aromatic rings. The summed E-state index contributed by atoms with van der Waals surface area (Å²) in [6, 6.07) is 8.66. The second kappa shape index (κ2) is 10.0. The van der Waals surface area contributed by atoms with E-state index in [-0.39, 0.29) is 11.6 Å². The van der Waals surface area contributed by atoms with Crippen molar-refractivity contribution in [1.82, 2.24) is 19.6 Å². The molecular weight excluding hydrogens is 440 g/mol. The summed E-state index contributed by atoms with van der Waals surface area (Å²) in [5, 5.41) is 7.44. The number of nitrogens with one attached hydrogen (secondary N) is 1. The number of ether oxygens (including phenoxy) is 1. The maximum absolute atomic E-state index is 13.1. The van der Waals surface area contributed by atoms with E-state index in [9.17, 15) is 4.79 Å². The van der Waals surface area contributed by atoms with E-state index in [1.165, 1.54) is 34.3 Å². The molecule has 1 amide bonds. The highest BCUT2D eigenvalue weighted by molar-refractivity contribution is 5.76.